The van der Waals surface area contributed by atoms with E-state index >= 15 is 0 Å². The van der Waals surface area contributed by atoms with Gasteiger partial charge in [-0.2, -0.15) is 0 Å². The van der Waals surface area contributed by atoms with Gasteiger partial charge in [-0.25, -0.2) is 4.79 Å². The lowest BCUT2D eigenvalue weighted by atomic mass is 9.76. The van der Waals surface area contributed by atoms with Crippen molar-refractivity contribution in [3.63, 3.8) is 0 Å². The number of rotatable bonds is 0. The van der Waals surface area contributed by atoms with Crippen molar-refractivity contribution in [2.24, 2.45) is 11.7 Å². The molecule has 4 heteroatoms. The topological polar surface area (TPSA) is 55.6 Å². The van der Waals surface area contributed by atoms with Crippen LogP contribution in [0.15, 0.2) is 0 Å². The van der Waals surface area contributed by atoms with Crippen LogP contribution in [0, 0.1) is 5.92 Å². The van der Waals surface area contributed by atoms with Crippen LogP contribution in [0.2, 0.25) is 0 Å². The molecule has 0 aromatic heterocycles. The molecule has 0 spiro atoms. The smallest absolute Gasteiger partial charge is 0.410 e. The summed E-state index contributed by atoms with van der Waals surface area (Å²) in [6, 6.07) is 0.393. The molecule has 0 aromatic carbocycles. The summed E-state index contributed by atoms with van der Waals surface area (Å²) < 4.78 is 5.35. The van der Waals surface area contributed by atoms with Crippen molar-refractivity contribution in [2.45, 2.75) is 51.3 Å². The van der Waals surface area contributed by atoms with Crippen molar-refractivity contribution in [3.05, 3.63) is 0 Å². The number of nitrogens with zero attached hydrogens (tertiary/aromatic N) is 1. The molecule has 3 atom stereocenters. The fourth-order valence-electron chi connectivity index (χ4n) is 2.54. The second-order valence-electron chi connectivity index (χ2n) is 5.61. The fraction of sp³-hybridized carbons (Fsp3) is 0.909. The molecule has 2 N–H and O–H groups in total. The van der Waals surface area contributed by atoms with Crippen LogP contribution in [0.25, 0.3) is 0 Å². The summed E-state index contributed by atoms with van der Waals surface area (Å²) >= 11 is 0. The van der Waals surface area contributed by atoms with Gasteiger partial charge in [-0.3, -0.25) is 0 Å². The average Bonchev–Trinajstić information content (AvgIpc) is 2.38. The molecule has 1 saturated heterocycles. The molecule has 1 saturated carbocycles. The van der Waals surface area contributed by atoms with Gasteiger partial charge >= 0.3 is 6.09 Å². The van der Waals surface area contributed by atoms with E-state index in [0.29, 0.717) is 5.92 Å². The van der Waals surface area contributed by atoms with E-state index in [-0.39, 0.29) is 18.2 Å². The molecule has 0 unspecified atom stereocenters. The van der Waals surface area contributed by atoms with Crippen LogP contribution < -0.4 is 5.73 Å². The Morgan fingerprint density at radius 3 is 2.67 bits per heavy atom. The molecule has 15 heavy (non-hydrogen) atoms. The van der Waals surface area contributed by atoms with Gasteiger partial charge in [0.1, 0.15) is 5.60 Å². The van der Waals surface area contributed by atoms with E-state index in [1.165, 1.54) is 0 Å². The van der Waals surface area contributed by atoms with E-state index in [1.807, 2.05) is 25.7 Å². The predicted octanol–water partition coefficient (Wildman–Crippen LogP) is 1.34. The average molecular weight is 212 g/mol. The van der Waals surface area contributed by atoms with Gasteiger partial charge in [-0.15, -0.1) is 0 Å². The highest BCUT2D eigenvalue weighted by molar-refractivity contribution is 5.69. The molecule has 2 fully saturated rings. The van der Waals surface area contributed by atoms with Crippen molar-refractivity contribution in [1.29, 1.82) is 0 Å². The standard InChI is InChI=1S/C11H20N2O2/c1-11(2,3)15-10(14)13-5-4-7-6-8(12)9(7)13/h7-9H,4-6,12H2,1-3H3/t7-,8+,9+/m1/s1. The molecule has 1 amide bonds. The number of amides is 1. The SMILES string of the molecule is CC(C)(C)OC(=O)N1CC[C@@H]2C[C@H](N)[C@H]21. The molecule has 1 heterocycles. The molecule has 2 rings (SSSR count). The van der Waals surface area contributed by atoms with E-state index < -0.39 is 5.60 Å². The number of hydrogen-bond donors (Lipinski definition) is 1. The van der Waals surface area contributed by atoms with Crippen LogP contribution in [0.4, 0.5) is 4.79 Å². The first-order chi connectivity index (χ1) is 6.88. The van der Waals surface area contributed by atoms with Crippen LogP contribution >= 0.6 is 0 Å². The summed E-state index contributed by atoms with van der Waals surface area (Å²) in [4.78, 5) is 13.7. The van der Waals surface area contributed by atoms with Gasteiger partial charge in [0.05, 0.1) is 6.04 Å². The van der Waals surface area contributed by atoms with E-state index in [4.69, 9.17) is 10.5 Å². The second-order valence-corrected chi connectivity index (χ2v) is 5.61. The van der Waals surface area contributed by atoms with Crippen molar-refractivity contribution in [2.75, 3.05) is 6.54 Å². The van der Waals surface area contributed by atoms with Crippen LogP contribution in [0.5, 0.6) is 0 Å². The Kier molecular flexibility index (Phi) is 2.41. The number of likely N-dealkylation sites (tertiary alicyclic amines) is 1. The van der Waals surface area contributed by atoms with Crippen LogP contribution in [0.1, 0.15) is 33.6 Å². The monoisotopic (exact) mass is 212 g/mol. The van der Waals surface area contributed by atoms with Crippen molar-refractivity contribution in [3.8, 4) is 0 Å². The van der Waals surface area contributed by atoms with E-state index in [1.54, 1.807) is 0 Å². The number of carbonyl (C=O) groups is 1. The maximum Gasteiger partial charge on any atom is 0.410 e. The molecule has 1 aliphatic heterocycles. The molecular formula is C11H20N2O2. The third kappa shape index (κ3) is 1.95. The minimum absolute atomic E-state index is 0.157. The van der Waals surface area contributed by atoms with E-state index in [9.17, 15) is 4.79 Å². The van der Waals surface area contributed by atoms with Gasteiger partial charge in [-0.05, 0) is 39.5 Å². The zero-order valence-electron chi connectivity index (χ0n) is 9.69. The van der Waals surface area contributed by atoms with E-state index in [2.05, 4.69) is 0 Å². The fourth-order valence-corrected chi connectivity index (χ4v) is 2.54. The van der Waals surface area contributed by atoms with Gasteiger partial charge in [0, 0.05) is 12.6 Å². The van der Waals surface area contributed by atoms with Crippen LogP contribution in [-0.4, -0.2) is 35.2 Å². The number of fused-ring (bicyclic) bond motifs is 1. The summed E-state index contributed by atoms with van der Waals surface area (Å²) in [5.74, 6) is 0.618. The van der Waals surface area contributed by atoms with Gasteiger partial charge in [0.25, 0.3) is 0 Å². The second kappa shape index (κ2) is 3.37. The number of ether oxygens (including phenoxy) is 1. The minimum atomic E-state index is -0.414. The first-order valence-electron chi connectivity index (χ1n) is 5.64. The largest absolute Gasteiger partial charge is 0.444 e. The van der Waals surface area contributed by atoms with Crippen molar-refractivity contribution < 1.29 is 9.53 Å². The highest BCUT2D eigenvalue weighted by Gasteiger charge is 2.49. The van der Waals surface area contributed by atoms with Crippen LogP contribution in [0.3, 0.4) is 0 Å². The molecular weight excluding hydrogens is 192 g/mol. The molecule has 0 bridgehead atoms. The summed E-state index contributed by atoms with van der Waals surface area (Å²) in [7, 11) is 0. The predicted molar refractivity (Wildman–Crippen MR) is 57.4 cm³/mol. The lowest BCUT2D eigenvalue weighted by molar-refractivity contribution is 0.00928. The first kappa shape index (κ1) is 10.7. The Balaban J connectivity index is 1.97. The Labute approximate surface area is 90.8 Å². The lowest BCUT2D eigenvalue weighted by Gasteiger charge is -2.42. The first-order valence-corrected chi connectivity index (χ1v) is 5.64. The Morgan fingerprint density at radius 1 is 1.47 bits per heavy atom. The highest BCUT2D eigenvalue weighted by atomic mass is 16.6. The molecule has 1 aliphatic carbocycles. The van der Waals surface area contributed by atoms with Gasteiger partial charge < -0.3 is 15.4 Å². The molecule has 0 radical (unpaired) electrons. The Hall–Kier alpha value is -0.770. The van der Waals surface area contributed by atoms with Gasteiger partial charge in [0.2, 0.25) is 0 Å². The van der Waals surface area contributed by atoms with Crippen molar-refractivity contribution in [1.82, 2.24) is 4.90 Å². The Bertz CT molecular complexity index is 272. The maximum atomic E-state index is 11.8. The van der Waals surface area contributed by atoms with Gasteiger partial charge in [-0.1, -0.05) is 0 Å². The molecule has 86 valence electrons. The summed E-state index contributed by atoms with van der Waals surface area (Å²) in [6.45, 7) is 6.47. The normalized spacial score (nSPS) is 34.7. The summed E-state index contributed by atoms with van der Waals surface area (Å²) in [5, 5.41) is 0. The molecule has 4 nitrogen and oxygen atoms in total. The summed E-state index contributed by atoms with van der Waals surface area (Å²) in [6.07, 6.45) is 1.94. The third-order valence-electron chi connectivity index (χ3n) is 3.23. The zero-order valence-corrected chi connectivity index (χ0v) is 9.69. The number of hydrogen-bond acceptors (Lipinski definition) is 3. The van der Waals surface area contributed by atoms with E-state index in [0.717, 1.165) is 19.4 Å². The minimum Gasteiger partial charge on any atom is -0.444 e. The number of carbonyl (C=O) groups excluding carboxylic acids is 1. The lowest BCUT2D eigenvalue weighted by Crippen LogP contribution is -2.58. The number of nitrogens with two attached hydrogens (primary N) is 1. The molecule has 0 aromatic rings. The van der Waals surface area contributed by atoms with Crippen molar-refractivity contribution >= 4 is 6.09 Å². The third-order valence-corrected chi connectivity index (χ3v) is 3.23. The van der Waals surface area contributed by atoms with Crippen LogP contribution in [-0.2, 0) is 4.74 Å². The quantitative estimate of drug-likeness (QED) is 0.659. The highest BCUT2D eigenvalue weighted by Crippen LogP contribution is 2.39. The molecule has 2 aliphatic rings. The Morgan fingerprint density at radius 2 is 2.13 bits per heavy atom. The van der Waals surface area contributed by atoms with Gasteiger partial charge in [0.15, 0.2) is 0 Å². The zero-order chi connectivity index (χ0) is 11.2. The maximum absolute atomic E-state index is 11.8. The summed E-state index contributed by atoms with van der Waals surface area (Å²) in [5.41, 5.74) is 5.49.